The molecule has 0 bridgehead atoms. The maximum Gasteiger partial charge on any atom is 0.200 e. The molecule has 0 aliphatic carbocycles. The number of hydrogen-bond acceptors (Lipinski definition) is 3. The first-order valence-electron chi connectivity index (χ1n) is 5.38. The van der Waals surface area contributed by atoms with Crippen LogP contribution in [0.1, 0.15) is 13.3 Å². The number of benzene rings is 1. The van der Waals surface area contributed by atoms with Crippen LogP contribution in [0.2, 0.25) is 0 Å². The highest BCUT2D eigenvalue weighted by molar-refractivity contribution is 5.24. The van der Waals surface area contributed by atoms with E-state index in [1.807, 2.05) is 6.92 Å². The third-order valence-electron chi connectivity index (χ3n) is 2.19. The van der Waals surface area contributed by atoms with Gasteiger partial charge in [0, 0.05) is 6.42 Å². The molecule has 5 heteroatoms. The molecule has 1 rings (SSSR count). The lowest BCUT2D eigenvalue weighted by molar-refractivity contribution is 0.280. The van der Waals surface area contributed by atoms with Gasteiger partial charge in [-0.2, -0.15) is 9.65 Å². The van der Waals surface area contributed by atoms with Gasteiger partial charge in [0.1, 0.15) is 0 Å². The van der Waals surface area contributed by atoms with E-state index in [9.17, 15) is 8.78 Å². The number of rotatable bonds is 6. The van der Waals surface area contributed by atoms with E-state index in [-0.39, 0.29) is 18.4 Å². The maximum atomic E-state index is 13.2. The van der Waals surface area contributed by atoms with Crippen molar-refractivity contribution in [3.8, 4) is 11.8 Å². The van der Waals surface area contributed by atoms with Gasteiger partial charge in [-0.1, -0.05) is 13.0 Å². The van der Waals surface area contributed by atoms with Crippen molar-refractivity contribution in [2.24, 2.45) is 0 Å². The number of nitriles is 1. The fourth-order valence-corrected chi connectivity index (χ4v) is 1.34. The summed E-state index contributed by atoms with van der Waals surface area (Å²) in [4.78, 5) is 0. The van der Waals surface area contributed by atoms with Gasteiger partial charge in [-0.15, -0.1) is 0 Å². The molecule has 0 fully saturated rings. The van der Waals surface area contributed by atoms with Crippen LogP contribution < -0.4 is 10.1 Å². The van der Waals surface area contributed by atoms with Crippen LogP contribution in [0, 0.1) is 23.0 Å². The fourth-order valence-electron chi connectivity index (χ4n) is 1.34. The molecule has 1 atom stereocenters. The van der Waals surface area contributed by atoms with Gasteiger partial charge in [-0.05, 0) is 18.7 Å². The number of nitrogens with zero attached hydrogens (tertiary/aromatic N) is 1. The molecular weight excluding hydrogens is 226 g/mol. The average molecular weight is 240 g/mol. The van der Waals surface area contributed by atoms with Crippen molar-refractivity contribution >= 4 is 0 Å². The molecule has 3 nitrogen and oxygen atoms in total. The third-order valence-corrected chi connectivity index (χ3v) is 2.19. The summed E-state index contributed by atoms with van der Waals surface area (Å²) in [7, 11) is 0. The summed E-state index contributed by atoms with van der Waals surface area (Å²) in [5.41, 5.74) is 0. The first-order valence-corrected chi connectivity index (χ1v) is 5.38. The van der Waals surface area contributed by atoms with Crippen molar-refractivity contribution in [1.82, 2.24) is 5.32 Å². The summed E-state index contributed by atoms with van der Waals surface area (Å²) >= 11 is 0. The summed E-state index contributed by atoms with van der Waals surface area (Å²) in [5, 5.41) is 11.7. The number of hydrogen-bond donors (Lipinski definition) is 1. The van der Waals surface area contributed by atoms with Crippen molar-refractivity contribution in [1.29, 1.82) is 5.26 Å². The van der Waals surface area contributed by atoms with Gasteiger partial charge in [0.2, 0.25) is 5.82 Å². The Morgan fingerprint density at radius 1 is 1.47 bits per heavy atom. The monoisotopic (exact) mass is 240 g/mol. The van der Waals surface area contributed by atoms with Crippen LogP contribution in [0.15, 0.2) is 18.2 Å². The second kappa shape index (κ2) is 6.81. The lowest BCUT2D eigenvalue weighted by atomic mass is 10.2. The predicted octanol–water partition coefficient (Wildman–Crippen LogP) is 2.24. The van der Waals surface area contributed by atoms with E-state index in [0.29, 0.717) is 13.0 Å². The Labute approximate surface area is 99.0 Å². The standard InChI is InChI=1S/C12H14F2N2O/c1-2-16-9(8-15)6-7-17-11-5-3-4-10(13)12(11)14/h3-5,9,16H,2,6-7H2,1H3. The Hall–Kier alpha value is -1.67. The Morgan fingerprint density at radius 2 is 2.24 bits per heavy atom. The van der Waals surface area contributed by atoms with Gasteiger partial charge in [0.15, 0.2) is 11.6 Å². The van der Waals surface area contributed by atoms with Crippen LogP contribution in [-0.2, 0) is 0 Å². The molecule has 0 aliphatic heterocycles. The van der Waals surface area contributed by atoms with E-state index in [0.717, 1.165) is 6.07 Å². The SMILES string of the molecule is CCNC(C#N)CCOc1cccc(F)c1F. The summed E-state index contributed by atoms with van der Waals surface area (Å²) in [6.07, 6.45) is 0.417. The van der Waals surface area contributed by atoms with Crippen LogP contribution in [-0.4, -0.2) is 19.2 Å². The highest BCUT2D eigenvalue weighted by Crippen LogP contribution is 2.19. The fraction of sp³-hybridized carbons (Fsp3) is 0.417. The molecule has 0 aliphatic rings. The van der Waals surface area contributed by atoms with Crippen molar-refractivity contribution in [2.75, 3.05) is 13.2 Å². The molecule has 1 aromatic rings. The predicted molar refractivity (Wildman–Crippen MR) is 59.5 cm³/mol. The van der Waals surface area contributed by atoms with E-state index < -0.39 is 11.6 Å². The molecule has 0 aromatic heterocycles. The lowest BCUT2D eigenvalue weighted by Gasteiger charge is -2.11. The normalized spacial score (nSPS) is 11.9. The van der Waals surface area contributed by atoms with Crippen molar-refractivity contribution in [3.05, 3.63) is 29.8 Å². The Bertz CT molecular complexity index is 404. The average Bonchev–Trinajstić information content (AvgIpc) is 2.33. The topological polar surface area (TPSA) is 45.0 Å². The number of halogens is 2. The van der Waals surface area contributed by atoms with E-state index in [1.54, 1.807) is 0 Å². The first kappa shape index (κ1) is 13.4. The first-order chi connectivity index (χ1) is 8.19. The van der Waals surface area contributed by atoms with Gasteiger partial charge in [-0.25, -0.2) is 4.39 Å². The zero-order valence-corrected chi connectivity index (χ0v) is 9.54. The molecule has 0 radical (unpaired) electrons. The van der Waals surface area contributed by atoms with E-state index in [1.165, 1.54) is 12.1 Å². The smallest absolute Gasteiger partial charge is 0.200 e. The van der Waals surface area contributed by atoms with Crippen molar-refractivity contribution in [3.63, 3.8) is 0 Å². The molecule has 0 heterocycles. The van der Waals surface area contributed by atoms with Gasteiger partial charge in [0.25, 0.3) is 0 Å². The molecule has 0 saturated carbocycles. The molecule has 1 N–H and O–H groups in total. The lowest BCUT2D eigenvalue weighted by Crippen LogP contribution is -2.28. The molecule has 1 aromatic carbocycles. The molecule has 0 spiro atoms. The highest BCUT2D eigenvalue weighted by atomic mass is 19.2. The van der Waals surface area contributed by atoms with Crippen LogP contribution in [0.4, 0.5) is 8.78 Å². The molecular formula is C12H14F2N2O. The van der Waals surface area contributed by atoms with E-state index in [2.05, 4.69) is 11.4 Å². The molecule has 0 amide bonds. The maximum absolute atomic E-state index is 13.2. The van der Waals surface area contributed by atoms with Crippen LogP contribution in [0.5, 0.6) is 5.75 Å². The summed E-state index contributed by atoms with van der Waals surface area (Å²) in [6, 6.07) is 5.48. The number of ether oxygens (including phenoxy) is 1. The van der Waals surface area contributed by atoms with Crippen LogP contribution in [0.25, 0.3) is 0 Å². The quantitative estimate of drug-likeness (QED) is 0.829. The van der Waals surface area contributed by atoms with Crippen molar-refractivity contribution < 1.29 is 13.5 Å². The zero-order chi connectivity index (χ0) is 12.7. The summed E-state index contributed by atoms with van der Waals surface area (Å²) in [6.45, 7) is 2.72. The van der Waals surface area contributed by atoms with E-state index >= 15 is 0 Å². The van der Waals surface area contributed by atoms with Gasteiger partial charge < -0.3 is 10.1 Å². The summed E-state index contributed by atoms with van der Waals surface area (Å²) in [5.74, 6) is -2.06. The Balaban J connectivity index is 2.46. The second-order valence-electron chi connectivity index (χ2n) is 3.43. The number of nitrogens with one attached hydrogen (secondary N) is 1. The van der Waals surface area contributed by atoms with Crippen LogP contribution in [0.3, 0.4) is 0 Å². The molecule has 0 saturated heterocycles. The Morgan fingerprint density at radius 3 is 2.88 bits per heavy atom. The minimum absolute atomic E-state index is 0.127. The molecule has 17 heavy (non-hydrogen) atoms. The van der Waals surface area contributed by atoms with Gasteiger partial charge in [0.05, 0.1) is 18.7 Å². The molecule has 92 valence electrons. The minimum Gasteiger partial charge on any atom is -0.490 e. The minimum atomic E-state index is -0.996. The third kappa shape index (κ3) is 4.00. The molecule has 1 unspecified atom stereocenters. The Kier molecular flexibility index (Phi) is 5.37. The van der Waals surface area contributed by atoms with Crippen LogP contribution >= 0.6 is 0 Å². The second-order valence-corrected chi connectivity index (χ2v) is 3.43. The van der Waals surface area contributed by atoms with Gasteiger partial charge >= 0.3 is 0 Å². The highest BCUT2D eigenvalue weighted by Gasteiger charge is 2.10. The van der Waals surface area contributed by atoms with Crippen molar-refractivity contribution in [2.45, 2.75) is 19.4 Å². The van der Waals surface area contributed by atoms with E-state index in [4.69, 9.17) is 10.00 Å². The summed E-state index contributed by atoms with van der Waals surface area (Å²) < 4.78 is 31.1. The largest absolute Gasteiger partial charge is 0.490 e. The zero-order valence-electron chi connectivity index (χ0n) is 9.54. The van der Waals surface area contributed by atoms with Gasteiger partial charge in [-0.3, -0.25) is 0 Å².